The lowest BCUT2D eigenvalue weighted by molar-refractivity contribution is -0.121. The van der Waals surface area contributed by atoms with E-state index >= 15 is 0 Å². The van der Waals surface area contributed by atoms with E-state index in [9.17, 15) is 4.79 Å². The average Bonchev–Trinajstić information content (AvgIpc) is 3.30. The summed E-state index contributed by atoms with van der Waals surface area (Å²) in [6.45, 7) is 7.30. The highest BCUT2D eigenvalue weighted by molar-refractivity contribution is 7.08. The van der Waals surface area contributed by atoms with Crippen LogP contribution < -0.4 is 5.32 Å². The first-order valence-electron chi connectivity index (χ1n) is 8.91. The van der Waals surface area contributed by atoms with E-state index in [0.717, 1.165) is 18.7 Å². The lowest BCUT2D eigenvalue weighted by atomic mass is 9.98. The van der Waals surface area contributed by atoms with Gasteiger partial charge in [0.2, 0.25) is 17.7 Å². The molecule has 25 heavy (non-hydrogen) atoms. The maximum Gasteiger partial charge on any atom is 0.248 e. The number of thiophene rings is 1. The minimum Gasteiger partial charge on any atom is -0.421 e. The van der Waals surface area contributed by atoms with Crippen LogP contribution in [-0.4, -0.2) is 46.2 Å². The fourth-order valence-electron chi connectivity index (χ4n) is 3.09. The molecule has 0 bridgehead atoms. The molecule has 1 amide bonds. The molecule has 1 aliphatic rings. The van der Waals surface area contributed by atoms with E-state index in [2.05, 4.69) is 34.3 Å². The Hall–Kier alpha value is -1.73. The Kier molecular flexibility index (Phi) is 5.86. The van der Waals surface area contributed by atoms with Crippen molar-refractivity contribution in [2.24, 2.45) is 0 Å². The fourth-order valence-corrected chi connectivity index (χ4v) is 3.72. The quantitative estimate of drug-likeness (QED) is 0.819. The summed E-state index contributed by atoms with van der Waals surface area (Å²) >= 11 is 1.59. The van der Waals surface area contributed by atoms with Crippen LogP contribution in [0.4, 0.5) is 0 Å². The third-order valence-electron chi connectivity index (χ3n) is 4.73. The maximum atomic E-state index is 12.2. The molecule has 2 aromatic rings. The predicted molar refractivity (Wildman–Crippen MR) is 98.4 cm³/mol. The van der Waals surface area contributed by atoms with Crippen LogP contribution in [0, 0.1) is 0 Å². The first-order chi connectivity index (χ1) is 12.0. The first-order valence-corrected chi connectivity index (χ1v) is 9.85. The van der Waals surface area contributed by atoms with Crippen LogP contribution in [0.15, 0.2) is 21.2 Å². The molecule has 2 aromatic heterocycles. The van der Waals surface area contributed by atoms with E-state index < -0.39 is 0 Å². The van der Waals surface area contributed by atoms with Crippen molar-refractivity contribution in [1.29, 1.82) is 0 Å². The summed E-state index contributed by atoms with van der Waals surface area (Å²) < 4.78 is 5.62. The SMILES string of the molecule is CC(C)(CNC(=O)CCc1nnc(-c2ccsc2)o1)N1CCCCC1. The molecule has 1 aliphatic heterocycles. The zero-order valence-corrected chi connectivity index (χ0v) is 15.8. The Labute approximate surface area is 152 Å². The summed E-state index contributed by atoms with van der Waals surface area (Å²) in [7, 11) is 0. The van der Waals surface area contributed by atoms with Gasteiger partial charge >= 0.3 is 0 Å². The standard InChI is InChI=1S/C18H26N4O2S/c1-18(2,22-9-4-3-5-10-22)13-19-15(23)6-7-16-20-21-17(24-16)14-8-11-25-12-14/h8,11-12H,3-7,9-10,13H2,1-2H3,(H,19,23). The Morgan fingerprint density at radius 1 is 1.32 bits per heavy atom. The van der Waals surface area contributed by atoms with Crippen LogP contribution in [0.5, 0.6) is 0 Å². The van der Waals surface area contributed by atoms with Crippen molar-refractivity contribution >= 4 is 17.2 Å². The van der Waals surface area contributed by atoms with Gasteiger partial charge in [-0.15, -0.1) is 10.2 Å². The number of rotatable bonds is 7. The summed E-state index contributed by atoms with van der Waals surface area (Å²) in [6, 6.07) is 1.94. The molecule has 0 atom stereocenters. The van der Waals surface area contributed by atoms with Crippen molar-refractivity contribution in [2.45, 2.75) is 51.5 Å². The highest BCUT2D eigenvalue weighted by Crippen LogP contribution is 2.21. The summed E-state index contributed by atoms with van der Waals surface area (Å²) in [5, 5.41) is 15.1. The Morgan fingerprint density at radius 3 is 2.84 bits per heavy atom. The molecule has 0 radical (unpaired) electrons. The monoisotopic (exact) mass is 362 g/mol. The third-order valence-corrected chi connectivity index (χ3v) is 5.41. The number of nitrogens with one attached hydrogen (secondary N) is 1. The minimum atomic E-state index is -0.00726. The van der Waals surface area contributed by atoms with Gasteiger partial charge in [-0.1, -0.05) is 6.42 Å². The molecule has 136 valence electrons. The lowest BCUT2D eigenvalue weighted by Gasteiger charge is -2.41. The van der Waals surface area contributed by atoms with Gasteiger partial charge in [0, 0.05) is 35.9 Å². The van der Waals surface area contributed by atoms with Gasteiger partial charge in [-0.3, -0.25) is 9.69 Å². The highest BCUT2D eigenvalue weighted by atomic mass is 32.1. The number of aromatic nitrogens is 2. The predicted octanol–water partition coefficient (Wildman–Crippen LogP) is 3.11. The van der Waals surface area contributed by atoms with Gasteiger partial charge in [-0.05, 0) is 51.2 Å². The van der Waals surface area contributed by atoms with Gasteiger partial charge in [0.25, 0.3) is 0 Å². The van der Waals surface area contributed by atoms with Gasteiger partial charge < -0.3 is 9.73 Å². The van der Waals surface area contributed by atoms with Crippen LogP contribution in [0.25, 0.3) is 11.5 Å². The number of aryl methyl sites for hydroxylation is 1. The van der Waals surface area contributed by atoms with Crippen LogP contribution in [-0.2, 0) is 11.2 Å². The molecule has 1 saturated heterocycles. The summed E-state index contributed by atoms with van der Waals surface area (Å²) in [4.78, 5) is 14.6. The molecular weight excluding hydrogens is 336 g/mol. The molecular formula is C18H26N4O2S. The number of amides is 1. The van der Waals surface area contributed by atoms with Crippen LogP contribution in [0.2, 0.25) is 0 Å². The summed E-state index contributed by atoms with van der Waals surface area (Å²) in [5.74, 6) is 1.05. The fraction of sp³-hybridized carbons (Fsp3) is 0.611. The summed E-state index contributed by atoms with van der Waals surface area (Å²) in [6.07, 6.45) is 4.65. The van der Waals surface area contributed by atoms with E-state index in [0.29, 0.717) is 31.2 Å². The zero-order valence-electron chi connectivity index (χ0n) is 15.0. The molecule has 1 fully saturated rings. The molecule has 0 aromatic carbocycles. The van der Waals surface area contributed by atoms with E-state index in [4.69, 9.17) is 4.42 Å². The van der Waals surface area contributed by atoms with E-state index in [1.807, 2.05) is 16.8 Å². The molecule has 3 heterocycles. The Balaban J connectivity index is 1.43. The first kappa shape index (κ1) is 18.1. The Bertz CT molecular complexity index is 675. The highest BCUT2D eigenvalue weighted by Gasteiger charge is 2.28. The maximum absolute atomic E-state index is 12.2. The van der Waals surface area contributed by atoms with Gasteiger partial charge in [0.1, 0.15) is 0 Å². The molecule has 3 rings (SSSR count). The third kappa shape index (κ3) is 4.89. The van der Waals surface area contributed by atoms with Crippen LogP contribution >= 0.6 is 11.3 Å². The number of hydrogen-bond acceptors (Lipinski definition) is 6. The second kappa shape index (κ2) is 8.10. The molecule has 0 unspecified atom stereocenters. The number of carbonyl (C=O) groups is 1. The van der Waals surface area contributed by atoms with Crippen LogP contribution in [0.3, 0.4) is 0 Å². The minimum absolute atomic E-state index is 0.00726. The molecule has 6 nitrogen and oxygen atoms in total. The van der Waals surface area contributed by atoms with Crippen LogP contribution in [0.1, 0.15) is 45.4 Å². The van der Waals surface area contributed by atoms with Crippen molar-refractivity contribution in [3.05, 3.63) is 22.7 Å². The molecule has 0 saturated carbocycles. The number of carbonyl (C=O) groups excluding carboxylic acids is 1. The molecule has 0 spiro atoms. The van der Waals surface area contributed by atoms with Gasteiger partial charge in [0.15, 0.2) is 0 Å². The average molecular weight is 362 g/mol. The van der Waals surface area contributed by atoms with Crippen molar-refractivity contribution < 1.29 is 9.21 Å². The van der Waals surface area contributed by atoms with Gasteiger partial charge in [0.05, 0.1) is 0 Å². The van der Waals surface area contributed by atoms with Gasteiger partial charge in [-0.25, -0.2) is 0 Å². The normalized spacial score (nSPS) is 16.1. The molecule has 7 heteroatoms. The largest absolute Gasteiger partial charge is 0.421 e. The smallest absolute Gasteiger partial charge is 0.248 e. The second-order valence-electron chi connectivity index (χ2n) is 7.15. The number of likely N-dealkylation sites (tertiary alicyclic amines) is 1. The van der Waals surface area contributed by atoms with E-state index in [1.165, 1.54) is 19.3 Å². The van der Waals surface area contributed by atoms with E-state index in [1.54, 1.807) is 11.3 Å². The van der Waals surface area contributed by atoms with Crippen molar-refractivity contribution in [2.75, 3.05) is 19.6 Å². The van der Waals surface area contributed by atoms with Crippen molar-refractivity contribution in [1.82, 2.24) is 20.4 Å². The topological polar surface area (TPSA) is 71.3 Å². The van der Waals surface area contributed by atoms with E-state index in [-0.39, 0.29) is 11.4 Å². The number of piperidine rings is 1. The lowest BCUT2D eigenvalue weighted by Crippen LogP contribution is -2.53. The zero-order chi connectivity index (χ0) is 17.7. The summed E-state index contributed by atoms with van der Waals surface area (Å²) in [5.41, 5.74) is 0.920. The Morgan fingerprint density at radius 2 is 2.12 bits per heavy atom. The molecule has 0 aliphatic carbocycles. The van der Waals surface area contributed by atoms with Crippen molar-refractivity contribution in [3.63, 3.8) is 0 Å². The molecule has 1 N–H and O–H groups in total. The second-order valence-corrected chi connectivity index (χ2v) is 7.93. The van der Waals surface area contributed by atoms with Gasteiger partial charge in [-0.2, -0.15) is 11.3 Å². The number of nitrogens with zero attached hydrogens (tertiary/aromatic N) is 3. The van der Waals surface area contributed by atoms with Crippen molar-refractivity contribution in [3.8, 4) is 11.5 Å². The number of hydrogen-bond donors (Lipinski definition) is 1.